The number of rotatable bonds is 6. The second kappa shape index (κ2) is 7.19. The van der Waals surface area contributed by atoms with Crippen molar-refractivity contribution in [3.63, 3.8) is 0 Å². The van der Waals surface area contributed by atoms with Crippen LogP contribution in [0.2, 0.25) is 0 Å². The summed E-state index contributed by atoms with van der Waals surface area (Å²) in [4.78, 5) is 11.6. The molecule has 0 aromatic heterocycles. The van der Waals surface area contributed by atoms with E-state index in [0.717, 1.165) is 17.0 Å². The molecule has 1 aromatic rings. The van der Waals surface area contributed by atoms with Crippen LogP contribution in [0.5, 0.6) is 0 Å². The predicted molar refractivity (Wildman–Crippen MR) is 73.4 cm³/mol. The molecule has 0 aliphatic carbocycles. The topological polar surface area (TPSA) is 64.3 Å². The number of hydrogen-bond acceptors (Lipinski definition) is 4. The molecular weight excluding hydrogens is 236 g/mol. The third-order valence-electron chi connectivity index (χ3n) is 2.19. The molecule has 0 saturated carbocycles. The summed E-state index contributed by atoms with van der Waals surface area (Å²) in [7, 11) is 1.65. The maximum absolute atomic E-state index is 11.6. The molecule has 1 amide bonds. The fourth-order valence-electron chi connectivity index (χ4n) is 1.32. The second-order valence-corrected chi connectivity index (χ2v) is 4.77. The molecule has 0 saturated heterocycles. The van der Waals surface area contributed by atoms with Crippen molar-refractivity contribution >= 4 is 29.0 Å². The van der Waals surface area contributed by atoms with Crippen LogP contribution in [0.1, 0.15) is 5.56 Å². The fourth-order valence-corrected chi connectivity index (χ4v) is 2.01. The number of nitrogen functional groups attached to an aromatic ring is 1. The third kappa shape index (κ3) is 5.10. The normalized spacial score (nSPS) is 10.2. The number of methoxy groups -OCH3 is 1. The first-order valence-corrected chi connectivity index (χ1v) is 6.51. The van der Waals surface area contributed by atoms with Gasteiger partial charge < -0.3 is 15.8 Å². The van der Waals surface area contributed by atoms with Gasteiger partial charge in [-0.25, -0.2) is 0 Å². The van der Waals surface area contributed by atoms with Gasteiger partial charge in [-0.15, -0.1) is 11.8 Å². The van der Waals surface area contributed by atoms with Gasteiger partial charge in [0.2, 0.25) is 5.91 Å². The molecule has 3 N–H and O–H groups in total. The van der Waals surface area contributed by atoms with E-state index < -0.39 is 0 Å². The lowest BCUT2D eigenvalue weighted by atomic mass is 10.2. The molecule has 0 fully saturated rings. The van der Waals surface area contributed by atoms with Crippen LogP contribution < -0.4 is 11.1 Å². The molecule has 1 rings (SSSR count). The lowest BCUT2D eigenvalue weighted by Gasteiger charge is -2.08. The maximum atomic E-state index is 11.6. The number of aryl methyl sites for hydroxylation is 1. The van der Waals surface area contributed by atoms with Gasteiger partial charge in [-0.05, 0) is 30.7 Å². The van der Waals surface area contributed by atoms with Crippen LogP contribution in [0.25, 0.3) is 0 Å². The van der Waals surface area contributed by atoms with Gasteiger partial charge in [0.25, 0.3) is 0 Å². The van der Waals surface area contributed by atoms with Crippen molar-refractivity contribution in [3.8, 4) is 0 Å². The summed E-state index contributed by atoms with van der Waals surface area (Å²) in [6.07, 6.45) is 0. The summed E-state index contributed by atoms with van der Waals surface area (Å²) in [6.45, 7) is 2.59. The smallest absolute Gasteiger partial charge is 0.234 e. The number of carbonyl (C=O) groups is 1. The number of thioether (sulfide) groups is 1. The van der Waals surface area contributed by atoms with E-state index in [9.17, 15) is 4.79 Å². The quantitative estimate of drug-likeness (QED) is 0.601. The number of hydrogen-bond donors (Lipinski definition) is 2. The van der Waals surface area contributed by atoms with Crippen molar-refractivity contribution < 1.29 is 9.53 Å². The summed E-state index contributed by atoms with van der Waals surface area (Å²) in [5.41, 5.74) is 8.13. The van der Waals surface area contributed by atoms with Crippen molar-refractivity contribution in [3.05, 3.63) is 23.8 Å². The first kappa shape index (κ1) is 13.9. The summed E-state index contributed by atoms with van der Waals surface area (Å²) < 4.78 is 4.91. The van der Waals surface area contributed by atoms with E-state index in [1.54, 1.807) is 24.9 Å². The Hall–Kier alpha value is -1.20. The number of nitrogens with two attached hydrogens (primary N) is 1. The Kier molecular flexibility index (Phi) is 5.86. The fraction of sp³-hybridized carbons (Fsp3) is 0.417. The lowest BCUT2D eigenvalue weighted by Crippen LogP contribution is -2.15. The van der Waals surface area contributed by atoms with Crippen LogP contribution in [0.4, 0.5) is 11.4 Å². The monoisotopic (exact) mass is 254 g/mol. The number of carbonyl (C=O) groups excluding carboxylic acids is 1. The number of nitrogens with one attached hydrogen (secondary N) is 1. The first-order valence-electron chi connectivity index (χ1n) is 5.36. The summed E-state index contributed by atoms with van der Waals surface area (Å²) in [5, 5.41) is 2.86. The molecule has 94 valence electrons. The Morgan fingerprint density at radius 3 is 2.94 bits per heavy atom. The van der Waals surface area contributed by atoms with E-state index in [-0.39, 0.29) is 5.91 Å². The van der Waals surface area contributed by atoms with Crippen molar-refractivity contribution in [2.45, 2.75) is 6.92 Å². The summed E-state index contributed by atoms with van der Waals surface area (Å²) in [6, 6.07) is 5.44. The molecule has 5 heteroatoms. The molecule has 0 heterocycles. The number of amides is 1. The minimum Gasteiger partial charge on any atom is -0.399 e. The van der Waals surface area contributed by atoms with Gasteiger partial charge in [0, 0.05) is 24.2 Å². The SMILES string of the molecule is COCCSCC(=O)Nc1ccc(N)cc1C. The third-order valence-corrected chi connectivity index (χ3v) is 3.11. The van der Waals surface area contributed by atoms with Gasteiger partial charge in [0.05, 0.1) is 12.4 Å². The highest BCUT2D eigenvalue weighted by Gasteiger charge is 2.04. The summed E-state index contributed by atoms with van der Waals surface area (Å²) in [5.74, 6) is 1.26. The Balaban J connectivity index is 2.40. The van der Waals surface area contributed by atoms with Gasteiger partial charge in [0.15, 0.2) is 0 Å². The zero-order valence-electron chi connectivity index (χ0n) is 10.2. The van der Waals surface area contributed by atoms with E-state index >= 15 is 0 Å². The van der Waals surface area contributed by atoms with E-state index in [1.165, 1.54) is 0 Å². The van der Waals surface area contributed by atoms with Crippen LogP contribution in [-0.4, -0.2) is 31.1 Å². The van der Waals surface area contributed by atoms with Crippen LogP contribution in [0.15, 0.2) is 18.2 Å². The van der Waals surface area contributed by atoms with Crippen LogP contribution >= 0.6 is 11.8 Å². The van der Waals surface area contributed by atoms with Crippen LogP contribution in [0.3, 0.4) is 0 Å². The van der Waals surface area contributed by atoms with Crippen LogP contribution in [0, 0.1) is 6.92 Å². The van der Waals surface area contributed by atoms with Crippen molar-refractivity contribution in [2.75, 3.05) is 36.3 Å². The lowest BCUT2D eigenvalue weighted by molar-refractivity contribution is -0.113. The number of benzene rings is 1. The maximum Gasteiger partial charge on any atom is 0.234 e. The minimum absolute atomic E-state index is 0.000950. The van der Waals surface area contributed by atoms with Gasteiger partial charge >= 0.3 is 0 Å². The van der Waals surface area contributed by atoms with Gasteiger partial charge in [-0.2, -0.15) is 0 Å². The van der Waals surface area contributed by atoms with E-state index in [4.69, 9.17) is 10.5 Å². The largest absolute Gasteiger partial charge is 0.399 e. The van der Waals surface area contributed by atoms with Gasteiger partial charge in [0.1, 0.15) is 0 Å². The zero-order chi connectivity index (χ0) is 12.7. The molecule has 0 unspecified atom stereocenters. The Bertz CT molecular complexity index is 383. The van der Waals surface area contributed by atoms with Crippen molar-refractivity contribution in [1.29, 1.82) is 0 Å². The first-order chi connectivity index (χ1) is 8.13. The van der Waals surface area contributed by atoms with Gasteiger partial charge in [-0.3, -0.25) is 4.79 Å². The minimum atomic E-state index is -0.000950. The molecular formula is C12H18N2O2S. The zero-order valence-corrected chi connectivity index (χ0v) is 11.0. The average molecular weight is 254 g/mol. The molecule has 17 heavy (non-hydrogen) atoms. The average Bonchev–Trinajstić information content (AvgIpc) is 2.28. The molecule has 4 nitrogen and oxygen atoms in total. The van der Waals surface area contributed by atoms with Crippen molar-refractivity contribution in [2.24, 2.45) is 0 Å². The van der Waals surface area contributed by atoms with E-state index in [2.05, 4.69) is 5.32 Å². The highest BCUT2D eigenvalue weighted by Crippen LogP contribution is 2.17. The molecule has 1 aromatic carbocycles. The Morgan fingerprint density at radius 1 is 1.53 bits per heavy atom. The van der Waals surface area contributed by atoms with Crippen molar-refractivity contribution in [1.82, 2.24) is 0 Å². The molecule has 0 bridgehead atoms. The Morgan fingerprint density at radius 2 is 2.29 bits per heavy atom. The molecule has 0 radical (unpaired) electrons. The molecule has 0 spiro atoms. The molecule has 0 atom stereocenters. The van der Waals surface area contributed by atoms with E-state index in [1.807, 2.05) is 19.1 Å². The van der Waals surface area contributed by atoms with Gasteiger partial charge in [-0.1, -0.05) is 0 Å². The second-order valence-electron chi connectivity index (χ2n) is 3.67. The van der Waals surface area contributed by atoms with E-state index in [0.29, 0.717) is 18.0 Å². The number of anilines is 2. The summed E-state index contributed by atoms with van der Waals surface area (Å²) >= 11 is 1.55. The van der Waals surface area contributed by atoms with Crippen LogP contribution in [-0.2, 0) is 9.53 Å². The molecule has 0 aliphatic rings. The standard InChI is InChI=1S/C12H18N2O2S/c1-9-7-10(13)3-4-11(9)14-12(15)8-17-6-5-16-2/h3-4,7H,5-6,8,13H2,1-2H3,(H,14,15). The molecule has 0 aliphatic heterocycles. The highest BCUT2D eigenvalue weighted by molar-refractivity contribution is 7.99. The highest BCUT2D eigenvalue weighted by atomic mass is 32.2. The Labute approximate surface area is 106 Å². The number of ether oxygens (including phenoxy) is 1. The predicted octanol–water partition coefficient (Wildman–Crippen LogP) is 1.90.